The minimum absolute atomic E-state index is 0.0636. The van der Waals surface area contributed by atoms with Crippen LogP contribution in [0.3, 0.4) is 0 Å². The number of carbonyl (C=O) groups excluding carboxylic acids is 2. The van der Waals surface area contributed by atoms with Crippen molar-refractivity contribution in [2.24, 2.45) is 0 Å². The van der Waals surface area contributed by atoms with Crippen molar-refractivity contribution < 1.29 is 24.2 Å². The lowest BCUT2D eigenvalue weighted by Gasteiger charge is -2.15. The lowest BCUT2D eigenvalue weighted by molar-refractivity contribution is -0.161. The Kier molecular flexibility index (Phi) is 69.3. The SMILES string of the molecule is CC/C=C\C/C=C\C/C=C\C/C=C\C/C=C\C/C=C\CCCCCCCCCCCCCCCCCCCCCCC(=O)OC(CO)COC(=O)CCCCCCCCCCCCCCCCCCC/C=C\C/C=C\CCCCCCC. The van der Waals surface area contributed by atoms with Gasteiger partial charge in [-0.15, -0.1) is 0 Å². The van der Waals surface area contributed by atoms with Gasteiger partial charge in [0, 0.05) is 12.8 Å². The van der Waals surface area contributed by atoms with Gasteiger partial charge in [0.05, 0.1) is 6.61 Å². The third-order valence-electron chi connectivity index (χ3n) is 15.9. The maximum Gasteiger partial charge on any atom is 0.306 e. The summed E-state index contributed by atoms with van der Waals surface area (Å²) in [6.07, 6.45) is 103. The van der Waals surface area contributed by atoms with E-state index in [1.165, 1.54) is 250 Å². The first-order chi connectivity index (χ1) is 40.6. The quantitative estimate of drug-likeness (QED) is 0.0373. The first-order valence-electron chi connectivity index (χ1n) is 35.8. The van der Waals surface area contributed by atoms with Crippen molar-refractivity contribution in [3.8, 4) is 0 Å². The highest BCUT2D eigenvalue weighted by atomic mass is 16.6. The number of unbranched alkanes of at least 4 members (excludes halogenated alkanes) is 42. The molecule has 0 amide bonds. The van der Waals surface area contributed by atoms with Crippen molar-refractivity contribution in [1.82, 2.24) is 0 Å². The van der Waals surface area contributed by atoms with Crippen LogP contribution in [0.25, 0.3) is 0 Å². The van der Waals surface area contributed by atoms with Crippen molar-refractivity contribution in [3.63, 3.8) is 0 Å². The van der Waals surface area contributed by atoms with E-state index in [-0.39, 0.29) is 25.2 Å². The van der Waals surface area contributed by atoms with Crippen LogP contribution in [0, 0.1) is 0 Å². The van der Waals surface area contributed by atoms with Crippen molar-refractivity contribution in [1.29, 1.82) is 0 Å². The van der Waals surface area contributed by atoms with E-state index in [1.807, 2.05) is 0 Å². The van der Waals surface area contributed by atoms with Gasteiger partial charge in [-0.2, -0.15) is 0 Å². The standard InChI is InChI=1S/C77H136O5/c1-3-5-7-9-11-13-15-17-19-21-23-25-27-29-31-33-34-35-36-37-38-39-40-41-42-44-46-48-50-52-54-56-58-60-62-64-66-68-70-72-77(80)82-75(73-78)74-81-76(79)71-69-67-65-63-61-59-57-55-53-51-49-47-45-43-32-30-28-26-24-22-20-18-16-14-12-10-8-6-4-2/h5,7,11,13,16-19,22-25,29,31,34-35,75,78H,3-4,6,8-10,12,14-15,20-21,26-28,30,32-33,36-74H2,1-2H3/b7-5-,13-11-,18-16-,19-17-,24-22-,25-23-,31-29-,35-34-. The Bertz CT molecular complexity index is 1530. The van der Waals surface area contributed by atoms with E-state index in [1.54, 1.807) is 0 Å². The van der Waals surface area contributed by atoms with Crippen LogP contribution in [0.1, 0.15) is 361 Å². The van der Waals surface area contributed by atoms with Crippen molar-refractivity contribution in [3.05, 3.63) is 97.2 Å². The molecule has 0 heterocycles. The number of aliphatic hydroxyl groups excluding tert-OH is 1. The molecule has 0 saturated heterocycles. The number of allylic oxidation sites excluding steroid dienone is 16. The topological polar surface area (TPSA) is 72.8 Å². The summed E-state index contributed by atoms with van der Waals surface area (Å²) in [7, 11) is 0. The summed E-state index contributed by atoms with van der Waals surface area (Å²) in [5, 5.41) is 9.71. The van der Waals surface area contributed by atoms with Crippen LogP contribution in [0.15, 0.2) is 97.2 Å². The second kappa shape index (κ2) is 72.1. The molecule has 0 spiro atoms. The van der Waals surface area contributed by atoms with Gasteiger partial charge < -0.3 is 14.6 Å². The van der Waals surface area contributed by atoms with Gasteiger partial charge in [-0.05, 0) is 96.3 Å². The summed E-state index contributed by atoms with van der Waals surface area (Å²) < 4.78 is 10.8. The first kappa shape index (κ1) is 78.8. The Balaban J connectivity index is 3.43. The van der Waals surface area contributed by atoms with E-state index in [2.05, 4.69) is 111 Å². The third kappa shape index (κ3) is 69.3. The summed E-state index contributed by atoms with van der Waals surface area (Å²) in [6.45, 7) is 4.06. The number of carbonyl (C=O) groups is 2. The predicted octanol–water partition coefficient (Wildman–Crippen LogP) is 25.0. The zero-order valence-corrected chi connectivity index (χ0v) is 54.5. The molecule has 1 atom stereocenters. The first-order valence-corrected chi connectivity index (χ1v) is 35.8. The molecule has 0 aromatic rings. The van der Waals surface area contributed by atoms with Crippen LogP contribution in [0.4, 0.5) is 0 Å². The van der Waals surface area contributed by atoms with Gasteiger partial charge in [-0.3, -0.25) is 9.59 Å². The summed E-state index contributed by atoms with van der Waals surface area (Å²) >= 11 is 0. The summed E-state index contributed by atoms with van der Waals surface area (Å²) in [4.78, 5) is 24.7. The fourth-order valence-electron chi connectivity index (χ4n) is 10.5. The monoisotopic (exact) mass is 1140 g/mol. The van der Waals surface area contributed by atoms with Crippen molar-refractivity contribution in [2.75, 3.05) is 13.2 Å². The molecule has 82 heavy (non-hydrogen) atoms. The summed E-state index contributed by atoms with van der Waals surface area (Å²) in [5.41, 5.74) is 0. The molecule has 1 unspecified atom stereocenters. The molecule has 0 fully saturated rings. The van der Waals surface area contributed by atoms with E-state index in [9.17, 15) is 14.7 Å². The van der Waals surface area contributed by atoms with Gasteiger partial charge in [-0.25, -0.2) is 0 Å². The zero-order valence-electron chi connectivity index (χ0n) is 54.5. The predicted molar refractivity (Wildman–Crippen MR) is 362 cm³/mol. The molecule has 0 aliphatic carbocycles. The van der Waals surface area contributed by atoms with E-state index in [0.29, 0.717) is 12.8 Å². The highest BCUT2D eigenvalue weighted by Gasteiger charge is 2.16. The van der Waals surface area contributed by atoms with Crippen LogP contribution >= 0.6 is 0 Å². The maximum atomic E-state index is 12.4. The molecule has 474 valence electrons. The summed E-state index contributed by atoms with van der Waals surface area (Å²) in [5.74, 6) is -0.574. The number of hydrogen-bond donors (Lipinski definition) is 1. The van der Waals surface area contributed by atoms with Crippen molar-refractivity contribution >= 4 is 11.9 Å². The number of hydrogen-bond acceptors (Lipinski definition) is 5. The molecule has 0 saturated carbocycles. The highest BCUT2D eigenvalue weighted by molar-refractivity contribution is 5.70. The van der Waals surface area contributed by atoms with E-state index >= 15 is 0 Å². The average molecular weight is 1140 g/mol. The summed E-state index contributed by atoms with van der Waals surface area (Å²) in [6, 6.07) is 0. The van der Waals surface area contributed by atoms with Gasteiger partial charge in [-0.1, -0.05) is 349 Å². The lowest BCUT2D eigenvalue weighted by atomic mass is 10.0. The van der Waals surface area contributed by atoms with Crippen LogP contribution in [0.2, 0.25) is 0 Å². The number of esters is 2. The molecule has 0 aromatic carbocycles. The van der Waals surface area contributed by atoms with Gasteiger partial charge in [0.1, 0.15) is 6.61 Å². The molecule has 0 aliphatic rings. The molecule has 0 rings (SSSR count). The van der Waals surface area contributed by atoms with E-state index in [0.717, 1.165) is 83.5 Å². The highest BCUT2D eigenvalue weighted by Crippen LogP contribution is 2.18. The number of ether oxygens (including phenoxy) is 2. The Morgan fingerprint density at radius 2 is 0.524 bits per heavy atom. The zero-order chi connectivity index (χ0) is 59.1. The lowest BCUT2D eigenvalue weighted by Crippen LogP contribution is -2.28. The maximum absolute atomic E-state index is 12.4. The van der Waals surface area contributed by atoms with Gasteiger partial charge >= 0.3 is 11.9 Å². The molecular formula is C77H136O5. The van der Waals surface area contributed by atoms with E-state index < -0.39 is 6.10 Å². The van der Waals surface area contributed by atoms with Crippen LogP contribution in [-0.2, 0) is 19.1 Å². The Morgan fingerprint density at radius 1 is 0.293 bits per heavy atom. The molecule has 0 aromatic heterocycles. The Morgan fingerprint density at radius 3 is 0.793 bits per heavy atom. The molecule has 0 radical (unpaired) electrons. The molecule has 1 N–H and O–H groups in total. The number of rotatable bonds is 66. The molecule has 0 aliphatic heterocycles. The van der Waals surface area contributed by atoms with Crippen molar-refractivity contribution in [2.45, 2.75) is 367 Å². The smallest absolute Gasteiger partial charge is 0.306 e. The van der Waals surface area contributed by atoms with Crippen LogP contribution in [0.5, 0.6) is 0 Å². The minimum Gasteiger partial charge on any atom is -0.462 e. The van der Waals surface area contributed by atoms with E-state index in [4.69, 9.17) is 9.47 Å². The third-order valence-corrected chi connectivity index (χ3v) is 15.9. The average Bonchev–Trinajstić information content (AvgIpc) is 3.49. The van der Waals surface area contributed by atoms with Gasteiger partial charge in [0.25, 0.3) is 0 Å². The fraction of sp³-hybridized carbons (Fsp3) is 0.766. The Hall–Kier alpha value is -3.18. The fourth-order valence-corrected chi connectivity index (χ4v) is 10.5. The van der Waals surface area contributed by atoms with Crippen LogP contribution in [-0.4, -0.2) is 36.4 Å². The Labute approximate surface area is 510 Å². The second-order valence-electron chi connectivity index (χ2n) is 23.9. The largest absolute Gasteiger partial charge is 0.462 e. The number of aliphatic hydroxyl groups is 1. The minimum atomic E-state index is -0.775. The molecule has 5 heteroatoms. The van der Waals surface area contributed by atoms with Crippen LogP contribution < -0.4 is 0 Å². The second-order valence-corrected chi connectivity index (χ2v) is 23.9. The molecule has 5 nitrogen and oxygen atoms in total. The van der Waals surface area contributed by atoms with Gasteiger partial charge in [0.15, 0.2) is 6.10 Å². The van der Waals surface area contributed by atoms with Gasteiger partial charge in [0.2, 0.25) is 0 Å². The molecular weight excluding hydrogens is 1000 g/mol. The normalized spacial score (nSPS) is 12.8. The molecule has 0 bridgehead atoms.